The number of fused-ring (bicyclic) bond motifs is 2. The number of anilines is 1. The van der Waals surface area contributed by atoms with E-state index in [0.29, 0.717) is 12.1 Å². The summed E-state index contributed by atoms with van der Waals surface area (Å²) >= 11 is 0. The average molecular weight is 458 g/mol. The van der Waals surface area contributed by atoms with Gasteiger partial charge in [-0.3, -0.25) is 24.3 Å². The first-order valence-electron chi connectivity index (χ1n) is 12.2. The Balaban J connectivity index is 1.31. The summed E-state index contributed by atoms with van der Waals surface area (Å²) in [5.74, 6) is 0. The third-order valence-electron chi connectivity index (χ3n) is 7.65. The second kappa shape index (κ2) is 7.91. The summed E-state index contributed by atoms with van der Waals surface area (Å²) in [7, 11) is 1.84. The lowest BCUT2D eigenvalue weighted by atomic mass is 10.00. The highest BCUT2D eigenvalue weighted by atomic mass is 16.1. The fourth-order valence-corrected chi connectivity index (χ4v) is 5.42. The number of rotatable bonds is 4. The highest BCUT2D eigenvalue weighted by molar-refractivity contribution is 5.88. The van der Waals surface area contributed by atoms with Gasteiger partial charge in [-0.25, -0.2) is 0 Å². The van der Waals surface area contributed by atoms with E-state index in [1.807, 2.05) is 13.2 Å². The van der Waals surface area contributed by atoms with Crippen LogP contribution in [0.5, 0.6) is 0 Å². The SMILES string of the molecule is CC(c1ccc2nccnc2c1)N1C[C@H](C)N(c2cc(=O)n(C)c3cn(C4CC4)nc23)C[C@H]1C. The van der Waals surface area contributed by atoms with E-state index in [1.54, 1.807) is 23.0 Å². The van der Waals surface area contributed by atoms with Crippen LogP contribution < -0.4 is 10.5 Å². The van der Waals surface area contributed by atoms with Gasteiger partial charge in [0.2, 0.25) is 0 Å². The molecule has 8 nitrogen and oxygen atoms in total. The monoisotopic (exact) mass is 457 g/mol. The topological polar surface area (TPSA) is 72.1 Å². The minimum Gasteiger partial charge on any atom is -0.364 e. The van der Waals surface area contributed by atoms with Crippen LogP contribution >= 0.6 is 0 Å². The van der Waals surface area contributed by atoms with E-state index in [4.69, 9.17) is 5.10 Å². The minimum absolute atomic E-state index is 0.0192. The summed E-state index contributed by atoms with van der Waals surface area (Å²) in [6.07, 6.45) is 7.86. The van der Waals surface area contributed by atoms with Crippen molar-refractivity contribution in [2.24, 2.45) is 7.05 Å². The van der Waals surface area contributed by atoms with Crippen molar-refractivity contribution in [3.8, 4) is 0 Å². The van der Waals surface area contributed by atoms with Crippen molar-refractivity contribution in [2.75, 3.05) is 18.0 Å². The predicted molar refractivity (Wildman–Crippen MR) is 134 cm³/mol. The second-order valence-electron chi connectivity index (χ2n) is 10.0. The van der Waals surface area contributed by atoms with E-state index < -0.39 is 0 Å². The number of hydrogen-bond acceptors (Lipinski definition) is 6. The summed E-state index contributed by atoms with van der Waals surface area (Å²) in [6.45, 7) is 8.54. The molecule has 0 amide bonds. The highest BCUT2D eigenvalue weighted by Crippen LogP contribution is 2.37. The molecule has 0 radical (unpaired) electrons. The van der Waals surface area contributed by atoms with Gasteiger partial charge in [0.25, 0.3) is 5.56 Å². The molecule has 0 bridgehead atoms. The molecule has 1 aromatic carbocycles. The van der Waals surface area contributed by atoms with Crippen molar-refractivity contribution in [3.63, 3.8) is 0 Å². The van der Waals surface area contributed by atoms with Gasteiger partial charge in [0.1, 0.15) is 5.52 Å². The van der Waals surface area contributed by atoms with Crippen LogP contribution in [0, 0.1) is 0 Å². The van der Waals surface area contributed by atoms with Crippen LogP contribution in [0.25, 0.3) is 22.1 Å². The van der Waals surface area contributed by atoms with Crippen LogP contribution in [-0.2, 0) is 7.05 Å². The van der Waals surface area contributed by atoms with Crippen molar-refractivity contribution in [1.82, 2.24) is 29.2 Å². The molecular weight excluding hydrogens is 426 g/mol. The number of pyridine rings is 1. The van der Waals surface area contributed by atoms with Crippen molar-refractivity contribution < 1.29 is 0 Å². The summed E-state index contributed by atoms with van der Waals surface area (Å²) in [5.41, 5.74) is 5.94. The molecule has 1 saturated heterocycles. The Morgan fingerprint density at radius 1 is 1.00 bits per heavy atom. The molecular formula is C26H31N7O. The molecule has 0 spiro atoms. The molecule has 2 fully saturated rings. The summed E-state index contributed by atoms with van der Waals surface area (Å²) in [5, 5.41) is 4.93. The number of aromatic nitrogens is 5. The smallest absolute Gasteiger partial charge is 0.252 e. The molecule has 176 valence electrons. The molecule has 1 aliphatic heterocycles. The Morgan fingerprint density at radius 3 is 2.53 bits per heavy atom. The lowest BCUT2D eigenvalue weighted by molar-refractivity contribution is 0.119. The lowest BCUT2D eigenvalue weighted by Crippen LogP contribution is -2.57. The van der Waals surface area contributed by atoms with Crippen LogP contribution in [0.15, 0.2) is 47.7 Å². The van der Waals surface area contributed by atoms with Gasteiger partial charge >= 0.3 is 0 Å². The van der Waals surface area contributed by atoms with E-state index in [9.17, 15) is 4.79 Å². The van der Waals surface area contributed by atoms with Gasteiger partial charge in [-0.05, 0) is 51.3 Å². The first kappa shape index (κ1) is 21.3. The van der Waals surface area contributed by atoms with E-state index >= 15 is 0 Å². The maximum Gasteiger partial charge on any atom is 0.252 e. The first-order valence-corrected chi connectivity index (χ1v) is 12.2. The van der Waals surface area contributed by atoms with Gasteiger partial charge < -0.3 is 9.47 Å². The Bertz CT molecular complexity index is 1440. The zero-order valence-electron chi connectivity index (χ0n) is 20.2. The van der Waals surface area contributed by atoms with Crippen molar-refractivity contribution >= 4 is 27.8 Å². The van der Waals surface area contributed by atoms with Crippen LogP contribution in [0.3, 0.4) is 0 Å². The Morgan fingerprint density at radius 2 is 1.76 bits per heavy atom. The van der Waals surface area contributed by atoms with Crippen LogP contribution in [0.2, 0.25) is 0 Å². The molecule has 1 saturated carbocycles. The molecule has 1 aliphatic carbocycles. The quantitative estimate of drug-likeness (QED) is 0.466. The van der Waals surface area contributed by atoms with Crippen LogP contribution in [0.4, 0.5) is 5.69 Å². The number of aryl methyl sites for hydroxylation is 1. The Labute approximate surface area is 198 Å². The van der Waals surface area contributed by atoms with Crippen LogP contribution in [0.1, 0.15) is 51.3 Å². The third-order valence-corrected chi connectivity index (χ3v) is 7.65. The highest BCUT2D eigenvalue weighted by Gasteiger charge is 2.34. The normalized spacial score (nSPS) is 22.5. The van der Waals surface area contributed by atoms with Crippen molar-refractivity contribution in [3.05, 3.63) is 58.8 Å². The standard InChI is InChI=1S/C26H31N7O/c1-16-14-32(23-12-25(34)30(4)24-15-33(20-6-7-20)29-26(23)24)17(2)13-31(16)18(3)19-5-8-21-22(11-19)28-10-9-27-21/h5,8-12,15-18,20H,6-7,13-14H2,1-4H3/t16-,17+,18?/m1/s1. The number of hydrogen-bond donors (Lipinski definition) is 0. The van der Waals surface area contributed by atoms with Crippen LogP contribution in [-0.4, -0.2) is 54.4 Å². The summed E-state index contributed by atoms with van der Waals surface area (Å²) in [4.78, 5) is 26.6. The fourth-order valence-electron chi connectivity index (χ4n) is 5.42. The molecule has 34 heavy (non-hydrogen) atoms. The van der Waals surface area contributed by atoms with Gasteiger partial charge in [0.15, 0.2) is 0 Å². The van der Waals surface area contributed by atoms with Crippen molar-refractivity contribution in [1.29, 1.82) is 0 Å². The van der Waals surface area contributed by atoms with Gasteiger partial charge in [0.05, 0.1) is 28.3 Å². The number of benzene rings is 1. The van der Waals surface area contributed by atoms with Gasteiger partial charge in [0, 0.05) is 62.9 Å². The maximum absolute atomic E-state index is 12.8. The second-order valence-corrected chi connectivity index (χ2v) is 10.0. The van der Waals surface area contributed by atoms with Gasteiger partial charge in [-0.2, -0.15) is 5.10 Å². The summed E-state index contributed by atoms with van der Waals surface area (Å²) < 4.78 is 3.78. The fraction of sp³-hybridized carbons (Fsp3) is 0.462. The zero-order chi connectivity index (χ0) is 23.6. The molecule has 8 heteroatoms. The third kappa shape index (κ3) is 3.48. The maximum atomic E-state index is 12.8. The molecule has 2 aliphatic rings. The predicted octanol–water partition coefficient (Wildman–Crippen LogP) is 3.67. The molecule has 3 aromatic heterocycles. The molecule has 4 heterocycles. The average Bonchev–Trinajstić information content (AvgIpc) is 3.60. The molecule has 3 atom stereocenters. The van der Waals surface area contributed by atoms with E-state index in [0.717, 1.165) is 40.8 Å². The van der Waals surface area contributed by atoms with E-state index in [-0.39, 0.29) is 17.6 Å². The number of nitrogens with zero attached hydrogens (tertiary/aromatic N) is 7. The van der Waals surface area contributed by atoms with Gasteiger partial charge in [-0.15, -0.1) is 0 Å². The van der Waals surface area contributed by atoms with Crippen molar-refractivity contribution in [2.45, 2.75) is 57.8 Å². The minimum atomic E-state index is 0.0192. The Kier molecular flexibility index (Phi) is 4.95. The Hall–Kier alpha value is -3.26. The molecule has 1 unspecified atom stereocenters. The molecule has 4 aromatic rings. The summed E-state index contributed by atoms with van der Waals surface area (Å²) in [6, 6.07) is 9.46. The molecule has 6 rings (SSSR count). The van der Waals surface area contributed by atoms with E-state index in [1.165, 1.54) is 18.4 Å². The van der Waals surface area contributed by atoms with Gasteiger partial charge in [-0.1, -0.05) is 6.07 Å². The largest absolute Gasteiger partial charge is 0.364 e. The lowest BCUT2D eigenvalue weighted by Gasteiger charge is -2.47. The molecule has 0 N–H and O–H groups in total. The zero-order valence-corrected chi connectivity index (χ0v) is 20.2. The first-order chi connectivity index (χ1) is 16.4. The number of piperazine rings is 1. The van der Waals surface area contributed by atoms with E-state index in [2.05, 4.69) is 63.4 Å².